The first-order valence-electron chi connectivity index (χ1n) is 8.25. The third-order valence-corrected chi connectivity index (χ3v) is 3.90. The van der Waals surface area contributed by atoms with Gasteiger partial charge in [0.1, 0.15) is 0 Å². The van der Waals surface area contributed by atoms with Crippen LogP contribution in [0.4, 0.5) is 0 Å². The molecule has 1 amide bonds. The number of carboxylic acids is 1. The summed E-state index contributed by atoms with van der Waals surface area (Å²) in [7, 11) is 0. The number of benzene rings is 2. The summed E-state index contributed by atoms with van der Waals surface area (Å²) in [6.45, 7) is 0. The molecule has 0 aliphatic heterocycles. The second kappa shape index (κ2) is 9.50. The molecule has 1 atom stereocenters. The van der Waals surface area contributed by atoms with Gasteiger partial charge in [0.25, 0.3) is 0 Å². The summed E-state index contributed by atoms with van der Waals surface area (Å²) in [6, 6.07) is 19.3. The summed E-state index contributed by atoms with van der Waals surface area (Å²) in [5.74, 6) is -0.889. The molecule has 2 N–H and O–H groups in total. The van der Waals surface area contributed by atoms with Crippen molar-refractivity contribution < 1.29 is 14.7 Å². The minimum atomic E-state index is -0.853. The van der Waals surface area contributed by atoms with Crippen LogP contribution in [0.5, 0.6) is 0 Å². The lowest BCUT2D eigenvalue weighted by atomic mass is 10.0. The van der Waals surface area contributed by atoms with Crippen LogP contribution in [0.2, 0.25) is 0 Å². The predicted molar refractivity (Wildman–Crippen MR) is 93.6 cm³/mol. The summed E-state index contributed by atoms with van der Waals surface area (Å²) in [5, 5.41) is 11.9. The van der Waals surface area contributed by atoms with E-state index in [1.54, 1.807) is 0 Å². The first-order valence-corrected chi connectivity index (χ1v) is 8.25. The maximum atomic E-state index is 12.2. The van der Waals surface area contributed by atoms with Crippen LogP contribution in [0.3, 0.4) is 0 Å². The summed E-state index contributed by atoms with van der Waals surface area (Å²) >= 11 is 0. The van der Waals surface area contributed by atoms with Gasteiger partial charge in [-0.3, -0.25) is 9.59 Å². The quantitative estimate of drug-likeness (QED) is 0.738. The highest BCUT2D eigenvalue weighted by Crippen LogP contribution is 2.18. The number of carbonyl (C=O) groups excluding carboxylic acids is 1. The van der Waals surface area contributed by atoms with Crippen LogP contribution in [0.1, 0.15) is 42.9 Å². The third-order valence-electron chi connectivity index (χ3n) is 3.90. The maximum Gasteiger partial charge on any atom is 0.303 e. The molecule has 0 aliphatic rings. The Morgan fingerprint density at radius 2 is 1.54 bits per heavy atom. The molecule has 24 heavy (non-hydrogen) atoms. The number of amides is 1. The molecule has 2 rings (SSSR count). The fourth-order valence-corrected chi connectivity index (χ4v) is 2.64. The Balaban J connectivity index is 1.86. The summed E-state index contributed by atoms with van der Waals surface area (Å²) in [5.41, 5.74) is 2.16. The van der Waals surface area contributed by atoms with Crippen LogP contribution in [0, 0.1) is 0 Å². The fourth-order valence-electron chi connectivity index (χ4n) is 2.64. The van der Waals surface area contributed by atoms with Crippen molar-refractivity contribution in [1.29, 1.82) is 0 Å². The van der Waals surface area contributed by atoms with Crippen molar-refractivity contribution in [2.45, 2.75) is 38.1 Å². The molecule has 0 radical (unpaired) electrons. The second-order valence-corrected chi connectivity index (χ2v) is 5.80. The Kier molecular flexibility index (Phi) is 7.02. The van der Waals surface area contributed by atoms with Gasteiger partial charge in [-0.2, -0.15) is 0 Å². The van der Waals surface area contributed by atoms with Gasteiger partial charge in [0.05, 0.1) is 6.04 Å². The summed E-state index contributed by atoms with van der Waals surface area (Å²) in [6.07, 6.45) is 2.49. The van der Waals surface area contributed by atoms with Gasteiger partial charge in [-0.05, 0) is 30.4 Å². The van der Waals surface area contributed by atoms with Crippen LogP contribution >= 0.6 is 0 Å². The molecular formula is C20H23NO3. The zero-order valence-electron chi connectivity index (χ0n) is 13.7. The Bertz CT molecular complexity index is 640. The number of aliphatic carboxylic acids is 1. The lowest BCUT2D eigenvalue weighted by Crippen LogP contribution is -2.28. The lowest BCUT2D eigenvalue weighted by Gasteiger charge is -2.18. The predicted octanol–water partition coefficient (Wildman–Crippen LogP) is 3.73. The van der Waals surface area contributed by atoms with Gasteiger partial charge in [-0.25, -0.2) is 0 Å². The average molecular weight is 325 g/mol. The Morgan fingerprint density at radius 3 is 2.17 bits per heavy atom. The highest BCUT2D eigenvalue weighted by atomic mass is 16.4. The molecule has 0 fully saturated rings. The largest absolute Gasteiger partial charge is 0.481 e. The van der Waals surface area contributed by atoms with Crippen molar-refractivity contribution in [2.75, 3.05) is 0 Å². The molecule has 0 heterocycles. The SMILES string of the molecule is O=C(O)CCC(NC(=O)CCCc1ccccc1)c1ccccc1. The Hall–Kier alpha value is -2.62. The number of hydrogen-bond acceptors (Lipinski definition) is 2. The minimum absolute atomic E-state index is 0.0316. The smallest absolute Gasteiger partial charge is 0.303 e. The van der Waals surface area contributed by atoms with Crippen LogP contribution < -0.4 is 5.32 Å². The van der Waals surface area contributed by atoms with Crippen molar-refractivity contribution in [1.82, 2.24) is 5.32 Å². The number of hydrogen-bond donors (Lipinski definition) is 2. The van der Waals surface area contributed by atoms with Crippen molar-refractivity contribution in [2.24, 2.45) is 0 Å². The lowest BCUT2D eigenvalue weighted by molar-refractivity contribution is -0.137. The number of aryl methyl sites for hydroxylation is 1. The van der Waals surface area contributed by atoms with E-state index in [-0.39, 0.29) is 18.4 Å². The van der Waals surface area contributed by atoms with E-state index in [1.807, 2.05) is 48.5 Å². The standard InChI is InChI=1S/C20H23NO3/c22-19(13-7-10-16-8-3-1-4-9-16)21-18(14-15-20(23)24)17-11-5-2-6-12-17/h1-6,8-9,11-12,18H,7,10,13-15H2,(H,21,22)(H,23,24). The highest BCUT2D eigenvalue weighted by Gasteiger charge is 2.15. The molecule has 0 bridgehead atoms. The average Bonchev–Trinajstić information content (AvgIpc) is 2.60. The molecule has 4 heteroatoms. The number of nitrogens with one attached hydrogen (secondary N) is 1. The van der Waals surface area contributed by atoms with E-state index in [0.717, 1.165) is 18.4 Å². The molecule has 2 aromatic carbocycles. The minimum Gasteiger partial charge on any atom is -0.481 e. The van der Waals surface area contributed by atoms with Crippen LogP contribution in [0.15, 0.2) is 60.7 Å². The number of carbonyl (C=O) groups is 2. The molecule has 0 saturated carbocycles. The number of carboxylic acid groups (broad SMARTS) is 1. The van der Waals surface area contributed by atoms with Gasteiger partial charge in [0, 0.05) is 12.8 Å². The Morgan fingerprint density at radius 1 is 0.917 bits per heavy atom. The maximum absolute atomic E-state index is 12.2. The first kappa shape index (κ1) is 17.7. The van der Waals surface area contributed by atoms with Crippen molar-refractivity contribution in [3.63, 3.8) is 0 Å². The highest BCUT2D eigenvalue weighted by molar-refractivity contribution is 5.76. The van der Waals surface area contributed by atoms with E-state index in [0.29, 0.717) is 12.8 Å². The zero-order valence-corrected chi connectivity index (χ0v) is 13.7. The van der Waals surface area contributed by atoms with Gasteiger partial charge in [0.15, 0.2) is 0 Å². The van der Waals surface area contributed by atoms with Gasteiger partial charge in [0.2, 0.25) is 5.91 Å². The van der Waals surface area contributed by atoms with E-state index in [4.69, 9.17) is 5.11 Å². The van der Waals surface area contributed by atoms with Crippen LogP contribution in [-0.4, -0.2) is 17.0 Å². The second-order valence-electron chi connectivity index (χ2n) is 5.80. The van der Waals surface area contributed by atoms with E-state index >= 15 is 0 Å². The first-order chi connectivity index (χ1) is 11.6. The van der Waals surface area contributed by atoms with Crippen molar-refractivity contribution in [3.8, 4) is 0 Å². The molecular weight excluding hydrogens is 302 g/mol. The monoisotopic (exact) mass is 325 g/mol. The summed E-state index contributed by atoms with van der Waals surface area (Å²) < 4.78 is 0. The number of rotatable bonds is 9. The molecule has 126 valence electrons. The van der Waals surface area contributed by atoms with Gasteiger partial charge < -0.3 is 10.4 Å². The third kappa shape index (κ3) is 6.24. The van der Waals surface area contributed by atoms with E-state index in [2.05, 4.69) is 17.4 Å². The van der Waals surface area contributed by atoms with Crippen LogP contribution in [0.25, 0.3) is 0 Å². The molecule has 0 aliphatic carbocycles. The van der Waals surface area contributed by atoms with Gasteiger partial charge in [-0.1, -0.05) is 60.7 Å². The molecule has 0 aromatic heterocycles. The van der Waals surface area contributed by atoms with Gasteiger partial charge in [-0.15, -0.1) is 0 Å². The van der Waals surface area contributed by atoms with E-state index in [1.165, 1.54) is 5.56 Å². The molecule has 0 spiro atoms. The van der Waals surface area contributed by atoms with Crippen LogP contribution in [-0.2, 0) is 16.0 Å². The molecule has 4 nitrogen and oxygen atoms in total. The van der Waals surface area contributed by atoms with Gasteiger partial charge >= 0.3 is 5.97 Å². The summed E-state index contributed by atoms with van der Waals surface area (Å²) in [4.78, 5) is 23.0. The zero-order chi connectivity index (χ0) is 17.2. The molecule has 1 unspecified atom stereocenters. The molecule has 0 saturated heterocycles. The van der Waals surface area contributed by atoms with E-state index < -0.39 is 5.97 Å². The molecule has 2 aromatic rings. The van der Waals surface area contributed by atoms with E-state index in [9.17, 15) is 9.59 Å². The van der Waals surface area contributed by atoms with Crippen molar-refractivity contribution >= 4 is 11.9 Å². The van der Waals surface area contributed by atoms with Crippen molar-refractivity contribution in [3.05, 3.63) is 71.8 Å². The normalized spacial score (nSPS) is 11.7. The Labute approximate surface area is 142 Å². The topological polar surface area (TPSA) is 66.4 Å². The fraction of sp³-hybridized carbons (Fsp3) is 0.300.